The Bertz CT molecular complexity index is 53.0. The Labute approximate surface area is 116 Å². The average Bonchev–Trinajstić information content (AvgIpc) is 2.23. The van der Waals surface area contributed by atoms with E-state index in [-0.39, 0.29) is 19.5 Å². The average molecular weight is 317 g/mol. The molecule has 0 atom stereocenters. The SMILES string of the molecule is CCCC[NH-].CCCC[NH-].CCCC[NH-].[Ru+3]. The first kappa shape index (κ1) is 25.4. The van der Waals surface area contributed by atoms with Gasteiger partial charge in [-0.2, -0.15) is 19.6 Å². The smallest absolute Gasteiger partial charge is 0.677 e. The molecule has 1 radical (unpaired) electrons. The van der Waals surface area contributed by atoms with Crippen LogP contribution in [0, 0.1) is 0 Å². The van der Waals surface area contributed by atoms with Gasteiger partial charge in [-0.15, -0.1) is 0 Å². The molecule has 0 aromatic heterocycles. The Kier molecular flexibility index (Phi) is 57.3. The van der Waals surface area contributed by atoms with Crippen LogP contribution in [0.3, 0.4) is 0 Å². The number of nitrogens with one attached hydrogen (secondary N) is 3. The van der Waals surface area contributed by atoms with E-state index in [0.717, 1.165) is 38.5 Å². The minimum atomic E-state index is 0. The van der Waals surface area contributed by atoms with E-state index in [1.807, 2.05) is 0 Å². The van der Waals surface area contributed by atoms with Crippen LogP contribution in [0.1, 0.15) is 59.3 Å². The van der Waals surface area contributed by atoms with Gasteiger partial charge in [0.2, 0.25) is 0 Å². The molecule has 0 aliphatic heterocycles. The molecule has 0 aliphatic carbocycles. The second-order valence-corrected chi connectivity index (χ2v) is 3.31. The van der Waals surface area contributed by atoms with Crippen LogP contribution in [0.5, 0.6) is 0 Å². The maximum Gasteiger partial charge on any atom is 3.00 e. The predicted octanol–water partition coefficient (Wildman–Crippen LogP) is 5.51. The summed E-state index contributed by atoms with van der Waals surface area (Å²) in [6.45, 7) is 8.06. The zero-order chi connectivity index (χ0) is 12.4. The summed E-state index contributed by atoms with van der Waals surface area (Å²) in [5.41, 5.74) is 19.8. The number of hydrogen-bond donors (Lipinski definition) is 0. The second kappa shape index (κ2) is 36.1. The van der Waals surface area contributed by atoms with Gasteiger partial charge in [0.1, 0.15) is 0 Å². The van der Waals surface area contributed by atoms with E-state index in [9.17, 15) is 0 Å². The van der Waals surface area contributed by atoms with Gasteiger partial charge in [-0.3, -0.25) is 0 Å². The number of rotatable bonds is 6. The fourth-order valence-corrected chi connectivity index (χ4v) is 0.530. The number of unbranched alkanes of at least 4 members (excludes halogenated alkanes) is 3. The largest absolute Gasteiger partial charge is 3.00 e. The molecular weight excluding hydrogens is 287 g/mol. The zero-order valence-electron chi connectivity index (χ0n) is 11.2. The van der Waals surface area contributed by atoms with Crippen molar-refractivity contribution in [3.05, 3.63) is 17.2 Å². The van der Waals surface area contributed by atoms with Crippen molar-refractivity contribution < 1.29 is 19.5 Å². The Morgan fingerprint density at radius 2 is 0.750 bits per heavy atom. The van der Waals surface area contributed by atoms with Crippen molar-refractivity contribution in [2.24, 2.45) is 0 Å². The van der Waals surface area contributed by atoms with Crippen molar-refractivity contribution >= 4 is 0 Å². The minimum Gasteiger partial charge on any atom is -0.677 e. The van der Waals surface area contributed by atoms with E-state index in [1.165, 1.54) is 0 Å². The molecule has 0 heterocycles. The van der Waals surface area contributed by atoms with Gasteiger partial charge in [-0.25, -0.2) is 0 Å². The summed E-state index contributed by atoms with van der Waals surface area (Å²) < 4.78 is 0. The third-order valence-electron chi connectivity index (χ3n) is 1.59. The van der Waals surface area contributed by atoms with E-state index in [2.05, 4.69) is 20.8 Å². The summed E-state index contributed by atoms with van der Waals surface area (Å²) in [7, 11) is 0. The summed E-state index contributed by atoms with van der Waals surface area (Å²) in [6, 6.07) is 0. The molecule has 101 valence electrons. The Morgan fingerprint density at radius 3 is 0.750 bits per heavy atom. The van der Waals surface area contributed by atoms with Crippen LogP contribution in [0.4, 0.5) is 0 Å². The Hall–Kier alpha value is 0.503. The third-order valence-corrected chi connectivity index (χ3v) is 1.59. The van der Waals surface area contributed by atoms with Crippen LogP contribution in [0.15, 0.2) is 0 Å². The summed E-state index contributed by atoms with van der Waals surface area (Å²) in [5.74, 6) is 0. The standard InChI is InChI=1S/3C4H10N.Ru/c3*1-2-3-4-5;/h3*5H,2-4H2,1H3;/q3*-1;+3. The Morgan fingerprint density at radius 1 is 0.562 bits per heavy atom. The molecule has 0 saturated heterocycles. The van der Waals surface area contributed by atoms with E-state index in [1.54, 1.807) is 0 Å². The normalized spacial score (nSPS) is 7.88. The van der Waals surface area contributed by atoms with Crippen molar-refractivity contribution in [2.75, 3.05) is 19.6 Å². The molecule has 16 heavy (non-hydrogen) atoms. The zero-order valence-corrected chi connectivity index (χ0v) is 13.0. The quantitative estimate of drug-likeness (QED) is 0.579. The van der Waals surface area contributed by atoms with E-state index in [4.69, 9.17) is 17.2 Å². The summed E-state index contributed by atoms with van der Waals surface area (Å²) in [4.78, 5) is 0. The molecule has 0 spiro atoms. The van der Waals surface area contributed by atoms with Gasteiger partial charge in [0, 0.05) is 0 Å². The van der Waals surface area contributed by atoms with Gasteiger partial charge in [0.05, 0.1) is 0 Å². The van der Waals surface area contributed by atoms with Crippen molar-refractivity contribution in [3.63, 3.8) is 0 Å². The molecule has 3 N–H and O–H groups in total. The fraction of sp³-hybridized carbons (Fsp3) is 1.00. The molecule has 4 heteroatoms. The van der Waals surface area contributed by atoms with Crippen molar-refractivity contribution in [3.8, 4) is 0 Å². The van der Waals surface area contributed by atoms with Crippen LogP contribution >= 0.6 is 0 Å². The first-order valence-electron chi connectivity index (χ1n) is 6.18. The van der Waals surface area contributed by atoms with Gasteiger partial charge in [-0.05, 0) is 0 Å². The van der Waals surface area contributed by atoms with Crippen LogP contribution < -0.4 is 0 Å². The van der Waals surface area contributed by atoms with E-state index < -0.39 is 0 Å². The molecule has 0 aromatic rings. The van der Waals surface area contributed by atoms with Crippen LogP contribution in [-0.4, -0.2) is 19.6 Å². The first-order valence-corrected chi connectivity index (χ1v) is 6.18. The predicted molar refractivity (Wildman–Crippen MR) is 72.3 cm³/mol. The summed E-state index contributed by atoms with van der Waals surface area (Å²) in [6.07, 6.45) is 6.64. The molecule has 3 nitrogen and oxygen atoms in total. The van der Waals surface area contributed by atoms with Crippen molar-refractivity contribution in [1.82, 2.24) is 0 Å². The number of hydrogen-bond acceptors (Lipinski definition) is 0. The van der Waals surface area contributed by atoms with Gasteiger partial charge < -0.3 is 17.2 Å². The molecular formula is C12H30N3Ru. The molecule has 0 unspecified atom stereocenters. The van der Waals surface area contributed by atoms with E-state index >= 15 is 0 Å². The first-order chi connectivity index (χ1) is 7.24. The molecule has 0 aliphatic rings. The maximum absolute atomic E-state index is 6.60. The molecule has 0 aromatic carbocycles. The van der Waals surface area contributed by atoms with Crippen LogP contribution in [0.25, 0.3) is 17.2 Å². The third kappa shape index (κ3) is 62.5. The maximum atomic E-state index is 6.60. The molecule has 0 amide bonds. The molecule has 0 fully saturated rings. The molecule has 0 bridgehead atoms. The van der Waals surface area contributed by atoms with Gasteiger partial charge in [0.25, 0.3) is 0 Å². The van der Waals surface area contributed by atoms with Gasteiger partial charge in [0.15, 0.2) is 0 Å². The minimum absolute atomic E-state index is 0. The van der Waals surface area contributed by atoms with Gasteiger partial charge in [-0.1, -0.05) is 59.3 Å². The Balaban J connectivity index is -0.0000000655. The second-order valence-electron chi connectivity index (χ2n) is 3.31. The van der Waals surface area contributed by atoms with Gasteiger partial charge >= 0.3 is 19.5 Å². The molecule has 0 saturated carbocycles. The van der Waals surface area contributed by atoms with Crippen LogP contribution in [0.2, 0.25) is 0 Å². The summed E-state index contributed by atoms with van der Waals surface area (Å²) >= 11 is 0. The molecule has 0 rings (SSSR count). The topological polar surface area (TPSA) is 71.4 Å². The van der Waals surface area contributed by atoms with Crippen molar-refractivity contribution in [2.45, 2.75) is 59.3 Å². The van der Waals surface area contributed by atoms with E-state index in [0.29, 0.717) is 19.6 Å². The summed E-state index contributed by atoms with van der Waals surface area (Å²) in [5, 5.41) is 0. The van der Waals surface area contributed by atoms with Crippen LogP contribution in [-0.2, 0) is 19.5 Å². The van der Waals surface area contributed by atoms with Crippen molar-refractivity contribution in [1.29, 1.82) is 0 Å². The monoisotopic (exact) mass is 318 g/mol. The fourth-order valence-electron chi connectivity index (χ4n) is 0.530.